The maximum atomic E-state index is 11.6. The zero-order chi connectivity index (χ0) is 14.6. The molecule has 5 nitrogen and oxygen atoms in total. The van der Waals surface area contributed by atoms with E-state index < -0.39 is 10.0 Å². The Morgan fingerprint density at radius 1 is 1.25 bits per heavy atom. The van der Waals surface area contributed by atoms with Crippen LogP contribution >= 0.6 is 0 Å². The van der Waals surface area contributed by atoms with Gasteiger partial charge in [0.1, 0.15) is 0 Å². The van der Waals surface area contributed by atoms with E-state index in [0.29, 0.717) is 25.9 Å². The fourth-order valence-corrected chi connectivity index (χ4v) is 4.24. The molecule has 20 heavy (non-hydrogen) atoms. The topological polar surface area (TPSA) is 66.8 Å². The molecule has 0 aromatic carbocycles. The number of ether oxygens (including phenoxy) is 1. The Hall–Kier alpha value is -0.170. The summed E-state index contributed by atoms with van der Waals surface area (Å²) in [6.45, 7) is 1.99. The molecule has 0 aliphatic carbocycles. The second-order valence-electron chi connectivity index (χ2n) is 6.24. The average molecular weight is 305 g/mol. The van der Waals surface area contributed by atoms with Crippen LogP contribution in [-0.4, -0.2) is 56.0 Å². The molecule has 2 aliphatic rings. The van der Waals surface area contributed by atoms with Crippen molar-refractivity contribution in [3.8, 4) is 0 Å². The van der Waals surface area contributed by atoms with Gasteiger partial charge in [-0.25, -0.2) is 12.7 Å². The second-order valence-corrected chi connectivity index (χ2v) is 8.23. The molecule has 118 valence electrons. The number of hydrogen-bond acceptors (Lipinski definition) is 4. The number of aliphatic hydroxyl groups is 1. The number of sulfonamides is 1. The predicted molar refractivity (Wildman–Crippen MR) is 78.0 cm³/mol. The first kappa shape index (κ1) is 16.2. The largest absolute Gasteiger partial charge is 0.393 e. The van der Waals surface area contributed by atoms with Crippen molar-refractivity contribution in [1.82, 2.24) is 4.31 Å². The lowest BCUT2D eigenvalue weighted by Gasteiger charge is -2.33. The van der Waals surface area contributed by atoms with E-state index >= 15 is 0 Å². The van der Waals surface area contributed by atoms with Gasteiger partial charge in [-0.15, -0.1) is 0 Å². The van der Waals surface area contributed by atoms with Crippen molar-refractivity contribution in [2.24, 2.45) is 5.92 Å². The van der Waals surface area contributed by atoms with Crippen molar-refractivity contribution in [2.75, 3.05) is 26.0 Å². The molecule has 2 saturated heterocycles. The third-order valence-electron chi connectivity index (χ3n) is 4.37. The van der Waals surface area contributed by atoms with Gasteiger partial charge < -0.3 is 9.84 Å². The summed E-state index contributed by atoms with van der Waals surface area (Å²) >= 11 is 0. The monoisotopic (exact) mass is 305 g/mol. The van der Waals surface area contributed by atoms with E-state index in [-0.39, 0.29) is 18.1 Å². The van der Waals surface area contributed by atoms with Crippen LogP contribution in [0.25, 0.3) is 0 Å². The predicted octanol–water partition coefficient (Wildman–Crippen LogP) is 1.37. The highest BCUT2D eigenvalue weighted by Crippen LogP contribution is 2.25. The lowest BCUT2D eigenvalue weighted by atomic mass is 9.91. The zero-order valence-corrected chi connectivity index (χ0v) is 13.1. The summed E-state index contributed by atoms with van der Waals surface area (Å²) in [5, 5.41) is 10.2. The van der Waals surface area contributed by atoms with Gasteiger partial charge in [-0.2, -0.15) is 0 Å². The Morgan fingerprint density at radius 2 is 2.05 bits per heavy atom. The minimum atomic E-state index is -3.09. The minimum Gasteiger partial charge on any atom is -0.393 e. The van der Waals surface area contributed by atoms with Crippen molar-refractivity contribution in [2.45, 2.75) is 57.2 Å². The molecule has 0 amide bonds. The Balaban J connectivity index is 1.77. The molecule has 0 aromatic rings. The van der Waals surface area contributed by atoms with Crippen molar-refractivity contribution >= 4 is 10.0 Å². The summed E-state index contributed by atoms with van der Waals surface area (Å²) in [6.07, 6.45) is 7.70. The second kappa shape index (κ2) is 7.20. The smallest absolute Gasteiger partial charge is 0.211 e. The van der Waals surface area contributed by atoms with Crippen molar-refractivity contribution in [1.29, 1.82) is 0 Å². The number of rotatable bonds is 5. The van der Waals surface area contributed by atoms with Crippen LogP contribution in [0.4, 0.5) is 0 Å². The highest BCUT2D eigenvalue weighted by molar-refractivity contribution is 7.88. The highest BCUT2D eigenvalue weighted by Gasteiger charge is 2.28. The molecule has 0 aromatic heterocycles. The van der Waals surface area contributed by atoms with Gasteiger partial charge in [0, 0.05) is 19.7 Å². The maximum Gasteiger partial charge on any atom is 0.211 e. The Morgan fingerprint density at radius 3 is 2.70 bits per heavy atom. The maximum absolute atomic E-state index is 11.6. The van der Waals surface area contributed by atoms with Crippen LogP contribution in [0.5, 0.6) is 0 Å². The highest BCUT2D eigenvalue weighted by atomic mass is 32.2. The SMILES string of the molecule is CS(=O)(=O)N1CCCC(CC(O)CC2CCCCO2)C1. The summed E-state index contributed by atoms with van der Waals surface area (Å²) in [6, 6.07) is 0. The van der Waals surface area contributed by atoms with E-state index in [1.807, 2.05) is 0 Å². The molecule has 2 rings (SSSR count). The summed E-state index contributed by atoms with van der Waals surface area (Å²) in [5.41, 5.74) is 0. The molecule has 2 aliphatic heterocycles. The molecule has 6 heteroatoms. The van der Waals surface area contributed by atoms with Gasteiger partial charge in [0.15, 0.2) is 0 Å². The molecule has 3 unspecified atom stereocenters. The van der Waals surface area contributed by atoms with E-state index in [0.717, 1.165) is 32.3 Å². The molecular weight excluding hydrogens is 278 g/mol. The van der Waals surface area contributed by atoms with Crippen LogP contribution in [0, 0.1) is 5.92 Å². The van der Waals surface area contributed by atoms with Gasteiger partial charge in [-0.3, -0.25) is 0 Å². The van der Waals surface area contributed by atoms with Crippen LogP contribution in [0.3, 0.4) is 0 Å². The molecular formula is C14H27NO4S. The molecule has 2 fully saturated rings. The summed E-state index contributed by atoms with van der Waals surface area (Å²) in [4.78, 5) is 0. The van der Waals surface area contributed by atoms with Crippen LogP contribution in [-0.2, 0) is 14.8 Å². The van der Waals surface area contributed by atoms with Crippen molar-refractivity contribution in [3.05, 3.63) is 0 Å². The van der Waals surface area contributed by atoms with Gasteiger partial charge in [0.25, 0.3) is 0 Å². The van der Waals surface area contributed by atoms with Crippen LogP contribution in [0.2, 0.25) is 0 Å². The summed E-state index contributed by atoms with van der Waals surface area (Å²) in [7, 11) is -3.09. The fraction of sp³-hybridized carbons (Fsp3) is 1.00. The Labute approximate surface area is 122 Å². The summed E-state index contributed by atoms with van der Waals surface area (Å²) < 4.78 is 30.3. The van der Waals surface area contributed by atoms with E-state index in [1.165, 1.54) is 12.7 Å². The number of aliphatic hydroxyl groups excluding tert-OH is 1. The van der Waals surface area contributed by atoms with Gasteiger partial charge in [0.05, 0.1) is 18.5 Å². The Kier molecular flexibility index (Phi) is 5.84. The molecule has 0 radical (unpaired) electrons. The molecule has 3 atom stereocenters. The average Bonchev–Trinajstić information content (AvgIpc) is 2.39. The molecule has 1 N–H and O–H groups in total. The van der Waals surface area contributed by atoms with Gasteiger partial charge in [0.2, 0.25) is 10.0 Å². The molecule has 0 spiro atoms. The lowest BCUT2D eigenvalue weighted by Crippen LogP contribution is -2.40. The number of piperidine rings is 1. The third-order valence-corrected chi connectivity index (χ3v) is 5.63. The van der Waals surface area contributed by atoms with Crippen LogP contribution in [0.1, 0.15) is 44.9 Å². The first-order valence-corrected chi connectivity index (χ1v) is 9.55. The summed E-state index contributed by atoms with van der Waals surface area (Å²) in [5.74, 6) is 0.275. The molecule has 0 bridgehead atoms. The van der Waals surface area contributed by atoms with E-state index in [1.54, 1.807) is 4.31 Å². The third kappa shape index (κ3) is 4.98. The van der Waals surface area contributed by atoms with Crippen molar-refractivity contribution in [3.63, 3.8) is 0 Å². The number of nitrogens with zero attached hydrogens (tertiary/aromatic N) is 1. The minimum absolute atomic E-state index is 0.188. The van der Waals surface area contributed by atoms with Gasteiger partial charge in [-0.1, -0.05) is 0 Å². The molecule has 2 heterocycles. The van der Waals surface area contributed by atoms with E-state index in [2.05, 4.69) is 0 Å². The van der Waals surface area contributed by atoms with E-state index in [4.69, 9.17) is 4.74 Å². The first-order valence-electron chi connectivity index (χ1n) is 7.70. The normalized spacial score (nSPS) is 31.1. The lowest BCUT2D eigenvalue weighted by molar-refractivity contribution is -0.0206. The van der Waals surface area contributed by atoms with Crippen molar-refractivity contribution < 1.29 is 18.3 Å². The van der Waals surface area contributed by atoms with Crippen LogP contribution in [0.15, 0.2) is 0 Å². The number of hydrogen-bond donors (Lipinski definition) is 1. The standard InChI is InChI=1S/C14H27NO4S/c1-20(17,18)15-7-4-5-12(11-15)9-13(16)10-14-6-2-3-8-19-14/h12-14,16H,2-11H2,1H3. The zero-order valence-electron chi connectivity index (χ0n) is 12.3. The van der Waals surface area contributed by atoms with Gasteiger partial charge >= 0.3 is 0 Å². The first-order chi connectivity index (χ1) is 9.45. The Bertz CT molecular complexity index is 392. The van der Waals surface area contributed by atoms with Gasteiger partial charge in [-0.05, 0) is 50.9 Å². The quantitative estimate of drug-likeness (QED) is 0.833. The molecule has 0 saturated carbocycles. The van der Waals surface area contributed by atoms with Crippen LogP contribution < -0.4 is 0 Å². The fourth-order valence-electron chi connectivity index (χ4n) is 3.30. The van der Waals surface area contributed by atoms with E-state index in [9.17, 15) is 13.5 Å².